The molecule has 25 heavy (non-hydrogen) atoms. The lowest BCUT2D eigenvalue weighted by molar-refractivity contribution is -0.117. The molecule has 0 spiro atoms. The third kappa shape index (κ3) is 5.06. The van der Waals surface area contributed by atoms with Crippen molar-refractivity contribution < 1.29 is 13.2 Å². The molecule has 0 aliphatic heterocycles. The average Bonchev–Trinajstić information content (AvgIpc) is 3.00. The van der Waals surface area contributed by atoms with Crippen molar-refractivity contribution >= 4 is 61.4 Å². The molecule has 1 N–H and O–H groups in total. The zero-order chi connectivity index (χ0) is 18.6. The summed E-state index contributed by atoms with van der Waals surface area (Å²) in [5.74, 6) is -0.466. The Morgan fingerprint density at radius 2 is 2.00 bits per heavy atom. The molecule has 0 radical (unpaired) electrons. The predicted molar refractivity (Wildman–Crippen MR) is 103 cm³/mol. The summed E-state index contributed by atoms with van der Waals surface area (Å²) in [5, 5.41) is 11.2. The minimum atomic E-state index is -3.69. The predicted octanol–water partition coefficient (Wildman–Crippen LogP) is 3.10. The molecule has 0 fully saturated rings. The summed E-state index contributed by atoms with van der Waals surface area (Å²) >= 11 is 8.51. The normalized spacial score (nSPS) is 12.6. The van der Waals surface area contributed by atoms with Crippen molar-refractivity contribution in [3.63, 3.8) is 0 Å². The number of benzene rings is 1. The summed E-state index contributed by atoms with van der Waals surface area (Å²) in [6, 6.07) is 5.37. The van der Waals surface area contributed by atoms with Gasteiger partial charge < -0.3 is 0 Å². The smallest absolute Gasteiger partial charge is 0.250 e. The minimum absolute atomic E-state index is 0.287. The standard InChI is InChI=1S/C14H17ClN4O3S3/c1-4-11(12(20)16-13-17-18-14(23-2)24-13)19(25(3,21)22)10-7-5-9(15)6-8-10/h5-8,11H,4H2,1-3H3,(H,16,17,20)/t11-/m0/s1. The Hall–Kier alpha value is -1.36. The van der Waals surface area contributed by atoms with E-state index in [0.29, 0.717) is 20.2 Å². The van der Waals surface area contributed by atoms with Crippen LogP contribution in [0.15, 0.2) is 28.6 Å². The van der Waals surface area contributed by atoms with Crippen LogP contribution in [0.5, 0.6) is 0 Å². The summed E-state index contributed by atoms with van der Waals surface area (Å²) < 4.78 is 26.4. The van der Waals surface area contributed by atoms with Gasteiger partial charge in [0.2, 0.25) is 21.1 Å². The second-order valence-electron chi connectivity index (χ2n) is 5.03. The Morgan fingerprint density at radius 1 is 1.36 bits per heavy atom. The number of anilines is 2. The van der Waals surface area contributed by atoms with E-state index in [1.807, 2.05) is 6.26 Å². The Morgan fingerprint density at radius 3 is 2.48 bits per heavy atom. The van der Waals surface area contributed by atoms with Crippen LogP contribution in [0.1, 0.15) is 13.3 Å². The molecule has 2 rings (SSSR count). The van der Waals surface area contributed by atoms with Crippen LogP contribution in [0.25, 0.3) is 0 Å². The number of rotatable bonds is 7. The van der Waals surface area contributed by atoms with Gasteiger partial charge in [-0.1, -0.05) is 41.6 Å². The van der Waals surface area contributed by atoms with E-state index in [2.05, 4.69) is 15.5 Å². The van der Waals surface area contributed by atoms with Gasteiger partial charge in [0.05, 0.1) is 11.9 Å². The highest BCUT2D eigenvalue weighted by Crippen LogP contribution is 2.26. The van der Waals surface area contributed by atoms with Gasteiger partial charge in [-0.2, -0.15) is 0 Å². The molecule has 0 saturated carbocycles. The van der Waals surface area contributed by atoms with Gasteiger partial charge in [0.25, 0.3) is 0 Å². The van der Waals surface area contributed by atoms with Crippen molar-refractivity contribution in [2.75, 3.05) is 22.1 Å². The first kappa shape index (κ1) is 20.0. The summed E-state index contributed by atoms with van der Waals surface area (Å²) in [7, 11) is -3.69. The molecule has 136 valence electrons. The van der Waals surface area contributed by atoms with Gasteiger partial charge in [-0.05, 0) is 36.9 Å². The molecule has 1 aromatic heterocycles. The summed E-state index contributed by atoms with van der Waals surface area (Å²) in [6.45, 7) is 1.74. The van der Waals surface area contributed by atoms with E-state index in [-0.39, 0.29) is 6.42 Å². The second-order valence-corrected chi connectivity index (χ2v) is 9.35. The van der Waals surface area contributed by atoms with Gasteiger partial charge in [0, 0.05) is 5.02 Å². The summed E-state index contributed by atoms with van der Waals surface area (Å²) in [4.78, 5) is 12.7. The molecule has 0 aliphatic carbocycles. The Kier molecular flexibility index (Phi) is 6.66. The number of carbonyl (C=O) groups excluding carboxylic acids is 1. The molecule has 1 atom stereocenters. The van der Waals surface area contributed by atoms with Crippen molar-refractivity contribution in [1.82, 2.24) is 10.2 Å². The molecular formula is C14H17ClN4O3S3. The Labute approximate surface area is 159 Å². The quantitative estimate of drug-likeness (QED) is 0.546. The van der Waals surface area contributed by atoms with Crippen LogP contribution in [0.2, 0.25) is 5.02 Å². The number of carbonyl (C=O) groups is 1. The van der Waals surface area contributed by atoms with Crippen molar-refractivity contribution in [1.29, 1.82) is 0 Å². The largest absolute Gasteiger partial charge is 0.299 e. The number of halogens is 1. The van der Waals surface area contributed by atoms with Gasteiger partial charge >= 0.3 is 0 Å². The first-order valence-electron chi connectivity index (χ1n) is 7.19. The third-order valence-electron chi connectivity index (χ3n) is 3.22. The van der Waals surface area contributed by atoms with Crippen LogP contribution in [-0.2, 0) is 14.8 Å². The fourth-order valence-corrected chi connectivity index (χ4v) is 4.69. The molecule has 1 heterocycles. The van der Waals surface area contributed by atoms with Crippen LogP contribution in [0, 0.1) is 0 Å². The molecule has 2 aromatic rings. The first-order valence-corrected chi connectivity index (χ1v) is 11.5. The lowest BCUT2D eigenvalue weighted by Crippen LogP contribution is -2.46. The van der Waals surface area contributed by atoms with Gasteiger partial charge in [-0.3, -0.25) is 14.4 Å². The number of aromatic nitrogens is 2. The van der Waals surface area contributed by atoms with Crippen LogP contribution >= 0.6 is 34.7 Å². The zero-order valence-electron chi connectivity index (χ0n) is 13.8. The summed E-state index contributed by atoms with van der Waals surface area (Å²) in [5.41, 5.74) is 0.371. The highest BCUT2D eigenvalue weighted by atomic mass is 35.5. The van der Waals surface area contributed by atoms with Crippen LogP contribution in [-0.4, -0.2) is 43.1 Å². The molecule has 0 unspecified atom stereocenters. The second kappa shape index (κ2) is 8.35. The van der Waals surface area contributed by atoms with E-state index in [1.165, 1.54) is 23.1 Å². The van der Waals surface area contributed by atoms with Crippen molar-refractivity contribution in [3.05, 3.63) is 29.3 Å². The SMILES string of the molecule is CC[C@@H](C(=O)Nc1nnc(SC)s1)N(c1ccc(Cl)cc1)S(C)(=O)=O. The highest BCUT2D eigenvalue weighted by molar-refractivity contribution is 8.00. The van der Waals surface area contributed by atoms with E-state index < -0.39 is 22.0 Å². The van der Waals surface area contributed by atoms with Crippen molar-refractivity contribution in [3.8, 4) is 0 Å². The average molecular weight is 421 g/mol. The molecule has 0 bridgehead atoms. The molecule has 0 saturated heterocycles. The van der Waals surface area contributed by atoms with E-state index in [9.17, 15) is 13.2 Å². The van der Waals surface area contributed by atoms with Gasteiger partial charge in [0.1, 0.15) is 6.04 Å². The van der Waals surface area contributed by atoms with Gasteiger partial charge in [-0.15, -0.1) is 10.2 Å². The number of amides is 1. The van der Waals surface area contributed by atoms with E-state index in [1.54, 1.807) is 31.2 Å². The monoisotopic (exact) mass is 420 g/mol. The molecule has 0 aliphatic rings. The number of hydrogen-bond acceptors (Lipinski definition) is 7. The fraction of sp³-hybridized carbons (Fsp3) is 0.357. The van der Waals surface area contributed by atoms with Crippen molar-refractivity contribution in [2.24, 2.45) is 0 Å². The van der Waals surface area contributed by atoms with Gasteiger partial charge in [-0.25, -0.2) is 8.42 Å². The fourth-order valence-electron chi connectivity index (χ4n) is 2.18. The molecule has 1 aromatic carbocycles. The number of sulfonamides is 1. The topological polar surface area (TPSA) is 92.3 Å². The summed E-state index contributed by atoms with van der Waals surface area (Å²) in [6.07, 6.45) is 3.21. The maximum absolute atomic E-state index is 12.7. The number of thioether (sulfide) groups is 1. The van der Waals surface area contributed by atoms with Gasteiger partial charge in [0.15, 0.2) is 4.34 Å². The zero-order valence-corrected chi connectivity index (χ0v) is 17.0. The van der Waals surface area contributed by atoms with Crippen LogP contribution < -0.4 is 9.62 Å². The van der Waals surface area contributed by atoms with E-state index in [0.717, 1.165) is 10.6 Å². The first-order chi connectivity index (χ1) is 11.8. The number of nitrogens with zero attached hydrogens (tertiary/aromatic N) is 3. The molecule has 7 nitrogen and oxygen atoms in total. The molecule has 1 amide bonds. The third-order valence-corrected chi connectivity index (χ3v) is 6.47. The molecule has 11 heteroatoms. The number of nitrogens with one attached hydrogen (secondary N) is 1. The Bertz CT molecular complexity index is 839. The maximum Gasteiger partial charge on any atom is 0.250 e. The lowest BCUT2D eigenvalue weighted by atomic mass is 10.2. The minimum Gasteiger partial charge on any atom is -0.299 e. The maximum atomic E-state index is 12.7. The molecular weight excluding hydrogens is 404 g/mol. The van der Waals surface area contributed by atoms with E-state index >= 15 is 0 Å². The Balaban J connectivity index is 2.32. The highest BCUT2D eigenvalue weighted by Gasteiger charge is 2.32. The number of hydrogen-bond donors (Lipinski definition) is 1. The lowest BCUT2D eigenvalue weighted by Gasteiger charge is -2.29. The van der Waals surface area contributed by atoms with Crippen LogP contribution in [0.3, 0.4) is 0 Å². The van der Waals surface area contributed by atoms with E-state index in [4.69, 9.17) is 11.6 Å². The van der Waals surface area contributed by atoms with Crippen molar-refractivity contribution in [2.45, 2.75) is 23.7 Å². The van der Waals surface area contributed by atoms with Crippen LogP contribution in [0.4, 0.5) is 10.8 Å².